The Bertz CT molecular complexity index is 921. The summed E-state index contributed by atoms with van der Waals surface area (Å²) in [6.07, 6.45) is 2.24. The molecule has 1 fully saturated rings. The van der Waals surface area contributed by atoms with Crippen molar-refractivity contribution in [3.63, 3.8) is 0 Å². The van der Waals surface area contributed by atoms with E-state index in [4.69, 9.17) is 4.74 Å². The van der Waals surface area contributed by atoms with E-state index < -0.39 is 0 Å². The first-order valence-electron chi connectivity index (χ1n) is 8.54. The second-order valence-corrected chi connectivity index (χ2v) is 7.74. The van der Waals surface area contributed by atoms with E-state index in [-0.39, 0.29) is 18.5 Å². The minimum absolute atomic E-state index is 0.187. The first-order chi connectivity index (χ1) is 13.2. The van der Waals surface area contributed by atoms with E-state index in [1.54, 1.807) is 11.3 Å². The lowest BCUT2D eigenvalue weighted by molar-refractivity contribution is 0.0949. The zero-order chi connectivity index (χ0) is 18.6. The van der Waals surface area contributed by atoms with Gasteiger partial charge in [0.05, 0.1) is 24.2 Å². The summed E-state index contributed by atoms with van der Waals surface area (Å²) in [5, 5.41) is 7.12. The van der Waals surface area contributed by atoms with Gasteiger partial charge in [0.1, 0.15) is 0 Å². The number of rotatable bonds is 6. The molecule has 0 spiro atoms. The van der Waals surface area contributed by atoms with Crippen molar-refractivity contribution >= 4 is 34.5 Å². The molecule has 0 radical (unpaired) electrons. The Hall–Kier alpha value is -2.59. The van der Waals surface area contributed by atoms with Crippen LogP contribution in [0.3, 0.4) is 0 Å². The summed E-state index contributed by atoms with van der Waals surface area (Å²) in [5.41, 5.74) is 0.818. The summed E-state index contributed by atoms with van der Waals surface area (Å²) in [7, 11) is 1.52. The van der Waals surface area contributed by atoms with Crippen LogP contribution < -0.4 is 15.0 Å². The third kappa shape index (κ3) is 4.06. The van der Waals surface area contributed by atoms with E-state index in [1.165, 1.54) is 18.4 Å². The summed E-state index contributed by atoms with van der Waals surface area (Å²) in [6.45, 7) is 2.03. The van der Waals surface area contributed by atoms with E-state index >= 15 is 0 Å². The zero-order valence-electron chi connectivity index (χ0n) is 14.7. The molecule has 8 nitrogen and oxygen atoms in total. The second-order valence-electron chi connectivity index (χ2n) is 5.93. The molecule has 1 saturated heterocycles. The molecule has 0 bridgehead atoms. The van der Waals surface area contributed by atoms with Crippen molar-refractivity contribution in [2.45, 2.75) is 19.4 Å². The number of ether oxygens (including phenoxy) is 1. The van der Waals surface area contributed by atoms with Gasteiger partial charge in [0.2, 0.25) is 5.95 Å². The SMILES string of the molecule is COc1nc(CNC(=O)c2nc(-c3cccs3)cs2)nc(N2CCCC2)n1. The summed E-state index contributed by atoms with van der Waals surface area (Å²) in [5.74, 6) is 0.815. The molecule has 10 heteroatoms. The van der Waals surface area contributed by atoms with Gasteiger partial charge in [-0.15, -0.1) is 22.7 Å². The molecule has 4 rings (SSSR count). The van der Waals surface area contributed by atoms with Crippen LogP contribution in [0, 0.1) is 0 Å². The van der Waals surface area contributed by atoms with Gasteiger partial charge in [-0.25, -0.2) is 4.98 Å². The summed E-state index contributed by atoms with van der Waals surface area (Å²) in [6, 6.07) is 4.20. The van der Waals surface area contributed by atoms with Crippen molar-refractivity contribution in [1.82, 2.24) is 25.3 Å². The number of carbonyl (C=O) groups is 1. The maximum Gasteiger partial charge on any atom is 0.321 e. The van der Waals surface area contributed by atoms with Gasteiger partial charge >= 0.3 is 6.01 Å². The molecule has 1 amide bonds. The van der Waals surface area contributed by atoms with Gasteiger partial charge in [-0.2, -0.15) is 15.0 Å². The number of hydrogen-bond donors (Lipinski definition) is 1. The Labute approximate surface area is 164 Å². The molecule has 3 aromatic rings. The second kappa shape index (κ2) is 7.97. The minimum atomic E-state index is -0.245. The van der Waals surface area contributed by atoms with Crippen LogP contribution in [0.25, 0.3) is 10.6 Å². The Morgan fingerprint density at radius 3 is 2.81 bits per heavy atom. The van der Waals surface area contributed by atoms with E-state index in [9.17, 15) is 4.79 Å². The fourth-order valence-corrected chi connectivity index (χ4v) is 4.26. The molecule has 0 atom stereocenters. The molecule has 0 unspecified atom stereocenters. The number of thiophene rings is 1. The lowest BCUT2D eigenvalue weighted by Gasteiger charge is -2.16. The van der Waals surface area contributed by atoms with Crippen LogP contribution in [0.15, 0.2) is 22.9 Å². The van der Waals surface area contributed by atoms with Crippen molar-refractivity contribution in [3.8, 4) is 16.6 Å². The lowest BCUT2D eigenvalue weighted by Crippen LogP contribution is -2.26. The summed E-state index contributed by atoms with van der Waals surface area (Å²) >= 11 is 2.92. The van der Waals surface area contributed by atoms with Crippen LogP contribution in [0.4, 0.5) is 5.95 Å². The van der Waals surface area contributed by atoms with Gasteiger partial charge in [0.25, 0.3) is 5.91 Å². The molecule has 1 aliphatic heterocycles. The topological polar surface area (TPSA) is 93.1 Å². The van der Waals surface area contributed by atoms with Crippen LogP contribution in [-0.4, -0.2) is 46.0 Å². The average Bonchev–Trinajstić information content (AvgIpc) is 3.46. The molecule has 0 aromatic carbocycles. The Morgan fingerprint density at radius 2 is 2.07 bits per heavy atom. The number of nitrogens with zero attached hydrogens (tertiary/aromatic N) is 5. The van der Waals surface area contributed by atoms with Gasteiger partial charge < -0.3 is 15.0 Å². The predicted octanol–water partition coefficient (Wildman–Crippen LogP) is 2.60. The molecule has 4 heterocycles. The van der Waals surface area contributed by atoms with Crippen LogP contribution in [0.1, 0.15) is 28.5 Å². The van der Waals surface area contributed by atoms with Crippen molar-refractivity contribution in [1.29, 1.82) is 0 Å². The zero-order valence-corrected chi connectivity index (χ0v) is 16.3. The number of hydrogen-bond acceptors (Lipinski definition) is 9. The minimum Gasteiger partial charge on any atom is -0.467 e. The highest BCUT2D eigenvalue weighted by molar-refractivity contribution is 7.15. The fraction of sp³-hybridized carbons (Fsp3) is 0.353. The standard InChI is InChI=1S/C17H18N6O2S2/c1-25-17-21-13(20-16(22-17)23-6-2-3-7-23)9-18-14(24)15-19-11(10-27-15)12-5-4-8-26-12/h4-5,8,10H,2-3,6-7,9H2,1H3,(H,18,24). The molecular formula is C17H18N6O2S2. The maximum atomic E-state index is 12.4. The normalized spacial score (nSPS) is 13.7. The maximum absolute atomic E-state index is 12.4. The van der Waals surface area contributed by atoms with Crippen LogP contribution in [0.2, 0.25) is 0 Å². The number of methoxy groups -OCH3 is 1. The number of amides is 1. The molecule has 3 aromatic heterocycles. The first-order valence-corrected chi connectivity index (χ1v) is 10.3. The smallest absolute Gasteiger partial charge is 0.321 e. The number of nitrogens with one attached hydrogen (secondary N) is 1. The number of anilines is 1. The van der Waals surface area contributed by atoms with Gasteiger partial charge in [-0.05, 0) is 24.3 Å². The van der Waals surface area contributed by atoms with Crippen molar-refractivity contribution < 1.29 is 9.53 Å². The Kier molecular flexibility index (Phi) is 5.26. The van der Waals surface area contributed by atoms with Crippen LogP contribution in [-0.2, 0) is 6.54 Å². The van der Waals surface area contributed by atoms with E-state index in [1.807, 2.05) is 22.9 Å². The van der Waals surface area contributed by atoms with Crippen molar-refractivity contribution in [2.75, 3.05) is 25.1 Å². The lowest BCUT2D eigenvalue weighted by atomic mass is 10.4. The summed E-state index contributed by atoms with van der Waals surface area (Å²) < 4.78 is 5.18. The summed E-state index contributed by atoms with van der Waals surface area (Å²) in [4.78, 5) is 33.0. The molecule has 0 aliphatic carbocycles. The molecule has 1 N–H and O–H groups in total. The highest BCUT2D eigenvalue weighted by Gasteiger charge is 2.18. The predicted molar refractivity (Wildman–Crippen MR) is 104 cm³/mol. The number of carbonyl (C=O) groups excluding carboxylic acids is 1. The Balaban J connectivity index is 1.45. The van der Waals surface area contributed by atoms with Gasteiger partial charge in [-0.1, -0.05) is 6.07 Å². The molecular weight excluding hydrogens is 384 g/mol. The fourth-order valence-electron chi connectivity index (χ4n) is 2.77. The van der Waals surface area contributed by atoms with Crippen molar-refractivity contribution in [3.05, 3.63) is 33.7 Å². The first kappa shape index (κ1) is 17.8. The van der Waals surface area contributed by atoms with Crippen LogP contribution in [0.5, 0.6) is 6.01 Å². The molecule has 0 saturated carbocycles. The molecule has 140 valence electrons. The van der Waals surface area contributed by atoms with E-state index in [0.717, 1.165) is 36.5 Å². The average molecular weight is 403 g/mol. The number of thiazole rings is 1. The van der Waals surface area contributed by atoms with Crippen LogP contribution >= 0.6 is 22.7 Å². The van der Waals surface area contributed by atoms with Gasteiger partial charge in [-0.3, -0.25) is 4.79 Å². The third-order valence-electron chi connectivity index (χ3n) is 4.10. The highest BCUT2D eigenvalue weighted by Crippen LogP contribution is 2.26. The molecule has 27 heavy (non-hydrogen) atoms. The van der Waals surface area contributed by atoms with Gasteiger partial charge in [0, 0.05) is 18.5 Å². The number of aromatic nitrogens is 4. The Morgan fingerprint density at radius 1 is 1.22 bits per heavy atom. The highest BCUT2D eigenvalue weighted by atomic mass is 32.1. The monoisotopic (exact) mass is 402 g/mol. The van der Waals surface area contributed by atoms with E-state index in [2.05, 4.69) is 30.2 Å². The van der Waals surface area contributed by atoms with E-state index in [0.29, 0.717) is 16.8 Å². The molecule has 1 aliphatic rings. The van der Waals surface area contributed by atoms with Gasteiger partial charge in [0.15, 0.2) is 10.8 Å². The largest absolute Gasteiger partial charge is 0.467 e. The van der Waals surface area contributed by atoms with Crippen molar-refractivity contribution in [2.24, 2.45) is 0 Å². The third-order valence-corrected chi connectivity index (χ3v) is 5.83. The quantitative estimate of drug-likeness (QED) is 0.677.